The van der Waals surface area contributed by atoms with E-state index in [0.717, 1.165) is 5.82 Å². The summed E-state index contributed by atoms with van der Waals surface area (Å²) in [7, 11) is 3.49. The standard InChI is InChI=1S/C11H18N4O2/c1-8(7-10(12)14-16)15(2)11-9(17-3)5-4-6-13-11/h4-6,8,16H,7H2,1-3H3,(H2,12,14). The number of nitrogens with zero attached hydrogens (tertiary/aromatic N) is 3. The third-order valence-corrected chi connectivity index (χ3v) is 2.60. The van der Waals surface area contributed by atoms with Crippen LogP contribution in [0.3, 0.4) is 0 Å². The molecule has 0 bridgehead atoms. The fourth-order valence-electron chi connectivity index (χ4n) is 1.50. The molecular weight excluding hydrogens is 220 g/mol. The zero-order chi connectivity index (χ0) is 12.8. The lowest BCUT2D eigenvalue weighted by Crippen LogP contribution is -2.33. The molecule has 0 radical (unpaired) electrons. The van der Waals surface area contributed by atoms with Crippen molar-refractivity contribution in [3.8, 4) is 5.75 Å². The number of ether oxygens (including phenoxy) is 1. The molecule has 0 aliphatic heterocycles. The second kappa shape index (κ2) is 5.93. The maximum absolute atomic E-state index is 8.54. The van der Waals surface area contributed by atoms with Crippen LogP contribution in [0.1, 0.15) is 13.3 Å². The molecule has 0 aliphatic rings. The van der Waals surface area contributed by atoms with Crippen LogP contribution in [0.2, 0.25) is 0 Å². The highest BCUT2D eigenvalue weighted by atomic mass is 16.5. The zero-order valence-electron chi connectivity index (χ0n) is 10.3. The predicted octanol–water partition coefficient (Wildman–Crippen LogP) is 1.05. The minimum absolute atomic E-state index is 0.0506. The fraction of sp³-hybridized carbons (Fsp3) is 0.455. The van der Waals surface area contributed by atoms with E-state index >= 15 is 0 Å². The zero-order valence-corrected chi connectivity index (χ0v) is 10.3. The van der Waals surface area contributed by atoms with E-state index in [1.54, 1.807) is 13.3 Å². The van der Waals surface area contributed by atoms with Gasteiger partial charge < -0.3 is 20.6 Å². The molecule has 0 fully saturated rings. The van der Waals surface area contributed by atoms with Crippen LogP contribution in [0.25, 0.3) is 0 Å². The van der Waals surface area contributed by atoms with Crippen LogP contribution in [0.5, 0.6) is 5.75 Å². The van der Waals surface area contributed by atoms with Crippen LogP contribution >= 0.6 is 0 Å². The van der Waals surface area contributed by atoms with E-state index in [2.05, 4.69) is 10.1 Å². The number of hydrogen-bond acceptors (Lipinski definition) is 5. The Morgan fingerprint density at radius 1 is 1.71 bits per heavy atom. The minimum atomic E-state index is 0.0506. The Kier molecular flexibility index (Phi) is 4.56. The first-order chi connectivity index (χ1) is 8.10. The van der Waals surface area contributed by atoms with Crippen LogP contribution in [0, 0.1) is 0 Å². The summed E-state index contributed by atoms with van der Waals surface area (Å²) in [5.74, 6) is 1.62. The number of amidine groups is 1. The third-order valence-electron chi connectivity index (χ3n) is 2.60. The van der Waals surface area contributed by atoms with Crippen molar-refractivity contribution in [2.75, 3.05) is 19.1 Å². The molecule has 1 heterocycles. The smallest absolute Gasteiger partial charge is 0.171 e. The van der Waals surface area contributed by atoms with Gasteiger partial charge in [0.05, 0.1) is 7.11 Å². The van der Waals surface area contributed by atoms with Crippen molar-refractivity contribution >= 4 is 11.7 Å². The Bertz CT molecular complexity index is 395. The Hall–Kier alpha value is -1.98. The van der Waals surface area contributed by atoms with Gasteiger partial charge in [-0.15, -0.1) is 0 Å². The van der Waals surface area contributed by atoms with Gasteiger partial charge in [-0.1, -0.05) is 5.16 Å². The number of pyridine rings is 1. The summed E-state index contributed by atoms with van der Waals surface area (Å²) in [5, 5.41) is 11.5. The van der Waals surface area contributed by atoms with Gasteiger partial charge in [0, 0.05) is 25.7 Å². The van der Waals surface area contributed by atoms with Crippen molar-refractivity contribution in [1.82, 2.24) is 4.98 Å². The summed E-state index contributed by atoms with van der Waals surface area (Å²) in [6, 6.07) is 3.70. The average molecular weight is 238 g/mol. The second-order valence-corrected chi connectivity index (χ2v) is 3.78. The number of anilines is 1. The highest BCUT2D eigenvalue weighted by Gasteiger charge is 2.16. The van der Waals surface area contributed by atoms with E-state index in [0.29, 0.717) is 12.2 Å². The summed E-state index contributed by atoms with van der Waals surface area (Å²) >= 11 is 0. The molecule has 1 rings (SSSR count). The Balaban J connectivity index is 2.84. The molecule has 0 spiro atoms. The number of aromatic nitrogens is 1. The minimum Gasteiger partial charge on any atom is -0.493 e. The van der Waals surface area contributed by atoms with Gasteiger partial charge in [0.1, 0.15) is 5.84 Å². The molecule has 17 heavy (non-hydrogen) atoms. The summed E-state index contributed by atoms with van der Waals surface area (Å²) in [4.78, 5) is 6.19. The van der Waals surface area contributed by atoms with E-state index in [1.807, 2.05) is 31.0 Å². The monoisotopic (exact) mass is 238 g/mol. The molecule has 1 aromatic rings. The van der Waals surface area contributed by atoms with Crippen LogP contribution in [-0.4, -0.2) is 36.2 Å². The fourth-order valence-corrected chi connectivity index (χ4v) is 1.50. The molecule has 6 heteroatoms. The number of hydrogen-bond donors (Lipinski definition) is 2. The molecule has 0 saturated carbocycles. The number of oxime groups is 1. The quantitative estimate of drug-likeness (QED) is 0.347. The maximum atomic E-state index is 8.54. The topological polar surface area (TPSA) is 84.0 Å². The SMILES string of the molecule is COc1cccnc1N(C)C(C)C/C(N)=N/O. The molecule has 94 valence electrons. The normalized spacial score (nSPS) is 13.2. The van der Waals surface area contributed by atoms with Gasteiger partial charge in [-0.05, 0) is 19.1 Å². The highest BCUT2D eigenvalue weighted by molar-refractivity contribution is 5.80. The van der Waals surface area contributed by atoms with Gasteiger partial charge in [-0.2, -0.15) is 0 Å². The van der Waals surface area contributed by atoms with E-state index in [4.69, 9.17) is 15.7 Å². The van der Waals surface area contributed by atoms with E-state index < -0.39 is 0 Å². The molecular formula is C11H18N4O2. The van der Waals surface area contributed by atoms with Crippen LogP contribution < -0.4 is 15.4 Å². The molecule has 0 aliphatic carbocycles. The van der Waals surface area contributed by atoms with Crippen LogP contribution in [0.4, 0.5) is 5.82 Å². The number of methoxy groups -OCH3 is 1. The van der Waals surface area contributed by atoms with Crippen molar-refractivity contribution in [2.24, 2.45) is 10.9 Å². The molecule has 1 atom stereocenters. The maximum Gasteiger partial charge on any atom is 0.171 e. The van der Waals surface area contributed by atoms with Gasteiger partial charge in [0.15, 0.2) is 11.6 Å². The molecule has 0 amide bonds. The van der Waals surface area contributed by atoms with Gasteiger partial charge in [-0.25, -0.2) is 4.98 Å². The lowest BCUT2D eigenvalue weighted by atomic mass is 10.2. The van der Waals surface area contributed by atoms with Crippen molar-refractivity contribution in [1.29, 1.82) is 0 Å². The molecule has 0 aromatic carbocycles. The lowest BCUT2D eigenvalue weighted by molar-refractivity contribution is 0.316. The van der Waals surface area contributed by atoms with Crippen molar-refractivity contribution < 1.29 is 9.94 Å². The number of rotatable bonds is 5. The second-order valence-electron chi connectivity index (χ2n) is 3.78. The Labute approximate surface area is 101 Å². The van der Waals surface area contributed by atoms with Crippen LogP contribution in [0.15, 0.2) is 23.5 Å². The van der Waals surface area contributed by atoms with Gasteiger partial charge in [-0.3, -0.25) is 0 Å². The number of nitrogens with two attached hydrogens (primary N) is 1. The first-order valence-electron chi connectivity index (χ1n) is 5.28. The predicted molar refractivity (Wildman–Crippen MR) is 66.7 cm³/mol. The summed E-state index contributed by atoms with van der Waals surface area (Å²) < 4.78 is 5.23. The lowest BCUT2D eigenvalue weighted by Gasteiger charge is -2.26. The molecule has 0 saturated heterocycles. The summed E-state index contributed by atoms with van der Waals surface area (Å²) in [6.45, 7) is 1.96. The first kappa shape index (κ1) is 13.1. The van der Waals surface area contributed by atoms with Gasteiger partial charge in [0.2, 0.25) is 0 Å². The van der Waals surface area contributed by atoms with Gasteiger partial charge in [0.25, 0.3) is 0 Å². The average Bonchev–Trinajstić information content (AvgIpc) is 2.37. The van der Waals surface area contributed by atoms with E-state index in [-0.39, 0.29) is 11.9 Å². The third kappa shape index (κ3) is 3.24. The van der Waals surface area contributed by atoms with Crippen molar-refractivity contribution in [3.63, 3.8) is 0 Å². The largest absolute Gasteiger partial charge is 0.493 e. The van der Waals surface area contributed by atoms with E-state index in [9.17, 15) is 0 Å². The Morgan fingerprint density at radius 2 is 2.41 bits per heavy atom. The molecule has 6 nitrogen and oxygen atoms in total. The van der Waals surface area contributed by atoms with Crippen molar-refractivity contribution in [3.05, 3.63) is 18.3 Å². The molecule has 1 aromatic heterocycles. The highest BCUT2D eigenvalue weighted by Crippen LogP contribution is 2.25. The van der Waals surface area contributed by atoms with E-state index in [1.165, 1.54) is 0 Å². The molecule has 1 unspecified atom stereocenters. The summed E-state index contributed by atoms with van der Waals surface area (Å²) in [6.07, 6.45) is 2.15. The van der Waals surface area contributed by atoms with Gasteiger partial charge >= 0.3 is 0 Å². The van der Waals surface area contributed by atoms with Crippen molar-refractivity contribution in [2.45, 2.75) is 19.4 Å². The van der Waals surface area contributed by atoms with Crippen LogP contribution in [-0.2, 0) is 0 Å². The molecule has 3 N–H and O–H groups in total. The Morgan fingerprint density at radius 3 is 3.00 bits per heavy atom. The first-order valence-corrected chi connectivity index (χ1v) is 5.28. The summed E-state index contributed by atoms with van der Waals surface area (Å²) in [5.41, 5.74) is 5.48.